The summed E-state index contributed by atoms with van der Waals surface area (Å²) in [6.45, 7) is 9.21. The van der Waals surface area contributed by atoms with Crippen LogP contribution in [-0.4, -0.2) is 29.0 Å². The fourth-order valence-corrected chi connectivity index (χ4v) is 2.90. The smallest absolute Gasteiger partial charge is 0.353 e. The van der Waals surface area contributed by atoms with E-state index in [2.05, 4.69) is 5.32 Å². The average Bonchev–Trinajstić information content (AvgIpc) is 2.86. The molecule has 0 saturated carbocycles. The number of amides is 1. The molecule has 0 fully saturated rings. The van der Waals surface area contributed by atoms with Gasteiger partial charge < -0.3 is 24.4 Å². The van der Waals surface area contributed by atoms with E-state index in [0.29, 0.717) is 10.8 Å². The molecule has 3 N–H and O–H groups in total. The van der Waals surface area contributed by atoms with Crippen molar-refractivity contribution in [2.24, 2.45) is 0 Å². The van der Waals surface area contributed by atoms with Crippen LogP contribution < -0.4 is 16.6 Å². The van der Waals surface area contributed by atoms with Crippen LogP contribution in [-0.2, 0) is 0 Å². The minimum absolute atomic E-state index is 0.248. The van der Waals surface area contributed by atoms with E-state index in [1.54, 1.807) is 48.5 Å². The van der Waals surface area contributed by atoms with Crippen LogP contribution in [0.25, 0.3) is 21.9 Å². The number of hydrogen-bond acceptors (Lipinski definition) is 8. The summed E-state index contributed by atoms with van der Waals surface area (Å²) in [6, 6.07) is 13.0. The summed E-state index contributed by atoms with van der Waals surface area (Å²) in [7, 11) is 1.37. The molecular formula is C26H29NO8. The number of rotatable bonds is 2. The van der Waals surface area contributed by atoms with E-state index < -0.39 is 22.9 Å². The van der Waals surface area contributed by atoms with Gasteiger partial charge in [-0.25, -0.2) is 9.59 Å². The third-order valence-electron chi connectivity index (χ3n) is 4.38. The molecule has 2 aromatic carbocycles. The van der Waals surface area contributed by atoms with Gasteiger partial charge in [0.2, 0.25) is 0 Å². The Kier molecular flexibility index (Phi) is 10.9. The lowest BCUT2D eigenvalue weighted by atomic mass is 10.1. The Morgan fingerprint density at radius 3 is 1.49 bits per heavy atom. The quantitative estimate of drug-likeness (QED) is 0.277. The van der Waals surface area contributed by atoms with Gasteiger partial charge in [0.25, 0.3) is 5.91 Å². The van der Waals surface area contributed by atoms with Gasteiger partial charge in [0, 0.05) is 7.05 Å². The standard InChI is InChI=1S/C11H9NO4.C11H8O4.2C2H6/c1-12-10(14)8-9(13)6-4-2-3-5-7(6)16-11(8)15;1-6(12)9-10(13)7-4-2-3-5-8(7)15-11(9)14;2*1-2/h2-5,13H,1H3,(H,12,14);2-5,13H,1H3;2*1-2H3. The molecule has 9 heteroatoms. The van der Waals surface area contributed by atoms with Crippen LogP contribution in [0.2, 0.25) is 0 Å². The Balaban J connectivity index is 0.000000307. The van der Waals surface area contributed by atoms with Crippen molar-refractivity contribution in [2.75, 3.05) is 7.05 Å². The van der Waals surface area contributed by atoms with Crippen LogP contribution in [0.5, 0.6) is 11.5 Å². The van der Waals surface area contributed by atoms with Crippen LogP contribution in [0.4, 0.5) is 0 Å². The van der Waals surface area contributed by atoms with Crippen molar-refractivity contribution < 1.29 is 28.6 Å². The van der Waals surface area contributed by atoms with E-state index in [0.717, 1.165) is 0 Å². The van der Waals surface area contributed by atoms with Gasteiger partial charge in [-0.15, -0.1) is 0 Å². The van der Waals surface area contributed by atoms with Crippen molar-refractivity contribution in [1.29, 1.82) is 0 Å². The molecule has 4 rings (SSSR count). The predicted molar refractivity (Wildman–Crippen MR) is 134 cm³/mol. The molecule has 0 unspecified atom stereocenters. The molecule has 0 aliphatic heterocycles. The summed E-state index contributed by atoms with van der Waals surface area (Å²) in [5.74, 6) is -1.84. The van der Waals surface area contributed by atoms with Crippen LogP contribution in [0.3, 0.4) is 0 Å². The summed E-state index contributed by atoms with van der Waals surface area (Å²) in [5.41, 5.74) is -1.81. The molecule has 0 saturated heterocycles. The number of Topliss-reactive ketones (excluding diaryl/α,β-unsaturated/α-hetero) is 1. The van der Waals surface area contributed by atoms with E-state index in [-0.39, 0.29) is 33.8 Å². The van der Waals surface area contributed by atoms with E-state index in [1.165, 1.54) is 14.0 Å². The zero-order chi connectivity index (χ0) is 26.7. The van der Waals surface area contributed by atoms with Crippen molar-refractivity contribution in [1.82, 2.24) is 5.32 Å². The molecule has 2 aromatic heterocycles. The third kappa shape index (κ3) is 6.35. The number of nitrogens with one attached hydrogen (secondary N) is 1. The second-order valence-corrected chi connectivity index (χ2v) is 6.35. The number of carbonyl (C=O) groups is 2. The maximum Gasteiger partial charge on any atom is 0.353 e. The molecule has 0 atom stereocenters. The minimum atomic E-state index is -0.851. The minimum Gasteiger partial charge on any atom is -0.506 e. The Labute approximate surface area is 201 Å². The molecule has 0 aliphatic rings. The highest BCUT2D eigenvalue weighted by Gasteiger charge is 2.19. The SMILES string of the molecule is CC.CC.CC(=O)c1c(O)c2ccccc2oc1=O.CNC(=O)c1c(O)c2ccccc2oc1=O. The van der Waals surface area contributed by atoms with Gasteiger partial charge in [-0.2, -0.15) is 0 Å². The molecular weight excluding hydrogens is 454 g/mol. The topological polar surface area (TPSA) is 147 Å². The number of para-hydroxylation sites is 2. The molecule has 0 radical (unpaired) electrons. The van der Waals surface area contributed by atoms with Gasteiger partial charge >= 0.3 is 11.3 Å². The van der Waals surface area contributed by atoms with Crippen LogP contribution in [0.1, 0.15) is 55.3 Å². The van der Waals surface area contributed by atoms with Gasteiger partial charge in [0.15, 0.2) is 11.3 Å². The van der Waals surface area contributed by atoms with E-state index in [4.69, 9.17) is 8.83 Å². The van der Waals surface area contributed by atoms with Crippen molar-refractivity contribution in [2.45, 2.75) is 34.6 Å². The van der Waals surface area contributed by atoms with Crippen LogP contribution in [0.15, 0.2) is 67.0 Å². The molecule has 1 amide bonds. The maximum atomic E-state index is 11.5. The monoisotopic (exact) mass is 483 g/mol. The molecule has 0 aliphatic carbocycles. The van der Waals surface area contributed by atoms with E-state index >= 15 is 0 Å². The maximum absolute atomic E-state index is 11.5. The van der Waals surface area contributed by atoms with Crippen molar-refractivity contribution in [3.63, 3.8) is 0 Å². The number of hydrogen-bond donors (Lipinski definition) is 3. The number of carbonyl (C=O) groups excluding carboxylic acids is 2. The molecule has 186 valence electrons. The first-order chi connectivity index (χ1) is 16.8. The molecule has 35 heavy (non-hydrogen) atoms. The zero-order valence-corrected chi connectivity index (χ0v) is 20.5. The predicted octanol–water partition coefficient (Wildman–Crippen LogP) is 4.61. The fraction of sp³-hybridized carbons (Fsp3) is 0.231. The van der Waals surface area contributed by atoms with Crippen molar-refractivity contribution in [3.8, 4) is 11.5 Å². The molecule has 4 aromatic rings. The normalized spacial score (nSPS) is 9.54. The summed E-state index contributed by atoms with van der Waals surface area (Å²) in [6.07, 6.45) is 0. The van der Waals surface area contributed by atoms with Gasteiger partial charge in [0.1, 0.15) is 28.2 Å². The van der Waals surface area contributed by atoms with Crippen molar-refractivity contribution in [3.05, 3.63) is 80.5 Å². The van der Waals surface area contributed by atoms with E-state index in [1.807, 2.05) is 27.7 Å². The van der Waals surface area contributed by atoms with Gasteiger partial charge in [0.05, 0.1) is 10.8 Å². The zero-order valence-electron chi connectivity index (χ0n) is 20.5. The van der Waals surface area contributed by atoms with Gasteiger partial charge in [-0.05, 0) is 31.2 Å². The fourth-order valence-electron chi connectivity index (χ4n) is 2.90. The number of benzene rings is 2. The van der Waals surface area contributed by atoms with Crippen molar-refractivity contribution >= 4 is 33.6 Å². The number of ketones is 1. The lowest BCUT2D eigenvalue weighted by Crippen LogP contribution is -2.24. The lowest BCUT2D eigenvalue weighted by molar-refractivity contribution is 0.0955. The van der Waals surface area contributed by atoms with Gasteiger partial charge in [-0.1, -0.05) is 52.0 Å². The molecule has 2 heterocycles. The average molecular weight is 484 g/mol. The highest BCUT2D eigenvalue weighted by molar-refractivity contribution is 6.02. The third-order valence-corrected chi connectivity index (χ3v) is 4.38. The summed E-state index contributed by atoms with van der Waals surface area (Å²) in [4.78, 5) is 45.3. The Morgan fingerprint density at radius 1 is 0.714 bits per heavy atom. The number of fused-ring (bicyclic) bond motifs is 2. The molecule has 0 spiro atoms. The second-order valence-electron chi connectivity index (χ2n) is 6.35. The first-order valence-corrected chi connectivity index (χ1v) is 11.0. The molecule has 0 bridgehead atoms. The van der Waals surface area contributed by atoms with Crippen LogP contribution in [0, 0.1) is 0 Å². The summed E-state index contributed by atoms with van der Waals surface area (Å²) >= 11 is 0. The van der Waals surface area contributed by atoms with E-state index in [9.17, 15) is 29.4 Å². The van der Waals surface area contributed by atoms with Gasteiger partial charge in [-0.3, -0.25) is 9.59 Å². The highest BCUT2D eigenvalue weighted by atomic mass is 16.4. The first-order valence-electron chi connectivity index (χ1n) is 11.0. The van der Waals surface area contributed by atoms with Crippen LogP contribution >= 0.6 is 0 Å². The Bertz CT molecular complexity index is 1430. The largest absolute Gasteiger partial charge is 0.506 e. The summed E-state index contributed by atoms with van der Waals surface area (Å²) in [5, 5.41) is 22.5. The lowest BCUT2D eigenvalue weighted by Gasteiger charge is -2.04. The molecule has 9 nitrogen and oxygen atoms in total. The second kappa shape index (κ2) is 13.3. The Hall–Kier alpha value is -4.40. The summed E-state index contributed by atoms with van der Waals surface area (Å²) < 4.78 is 9.82. The number of aromatic hydroxyl groups is 2. The first kappa shape index (κ1) is 28.6. The highest BCUT2D eigenvalue weighted by Crippen LogP contribution is 2.26. The Morgan fingerprint density at radius 2 is 1.09 bits per heavy atom.